The van der Waals surface area contributed by atoms with Gasteiger partial charge in [-0.3, -0.25) is 9.69 Å². The molecule has 1 unspecified atom stereocenters. The van der Waals surface area contributed by atoms with Crippen LogP contribution in [0.2, 0.25) is 10.0 Å². The van der Waals surface area contributed by atoms with E-state index in [0.717, 1.165) is 18.7 Å². The lowest BCUT2D eigenvalue weighted by Crippen LogP contribution is -2.52. The summed E-state index contributed by atoms with van der Waals surface area (Å²) in [6.07, 6.45) is 2.35. The summed E-state index contributed by atoms with van der Waals surface area (Å²) in [5.41, 5.74) is 1.09. The molecule has 0 aliphatic carbocycles. The number of likely N-dealkylation sites (tertiary alicyclic amines) is 1. The Bertz CT molecular complexity index is 834. The highest BCUT2D eigenvalue weighted by molar-refractivity contribution is 6.37. The molecule has 0 radical (unpaired) electrons. The van der Waals surface area contributed by atoms with Crippen LogP contribution < -0.4 is 10.1 Å². The predicted octanol–water partition coefficient (Wildman–Crippen LogP) is 5.35. The second-order valence-corrected chi connectivity index (χ2v) is 8.47. The number of hydrogen-bond donors (Lipinski definition) is 1. The third kappa shape index (κ3) is 4.29. The van der Waals surface area contributed by atoms with E-state index in [9.17, 15) is 4.79 Å². The third-order valence-electron chi connectivity index (χ3n) is 5.50. The van der Waals surface area contributed by atoms with E-state index >= 15 is 0 Å². The molecule has 0 aromatic heterocycles. The highest BCUT2D eigenvalue weighted by Crippen LogP contribution is 2.36. The molecule has 1 aliphatic rings. The fourth-order valence-corrected chi connectivity index (χ4v) is 4.48. The van der Waals surface area contributed by atoms with Crippen molar-refractivity contribution in [2.75, 3.05) is 20.2 Å². The van der Waals surface area contributed by atoms with Gasteiger partial charge >= 0.3 is 0 Å². The summed E-state index contributed by atoms with van der Waals surface area (Å²) in [7, 11) is 1.50. The van der Waals surface area contributed by atoms with Crippen molar-refractivity contribution in [2.45, 2.75) is 38.3 Å². The SMILES string of the molecule is COc1cc(Cl)cc(Cl)c1C(=O)NC(c1ccccc1)C(C)(C)N1CCCC1. The second kappa shape index (κ2) is 8.73. The largest absolute Gasteiger partial charge is 0.496 e. The van der Waals surface area contributed by atoms with E-state index in [4.69, 9.17) is 27.9 Å². The van der Waals surface area contributed by atoms with Crippen molar-refractivity contribution in [2.24, 2.45) is 0 Å². The van der Waals surface area contributed by atoms with Crippen LogP contribution in [-0.2, 0) is 0 Å². The van der Waals surface area contributed by atoms with Crippen LogP contribution in [0.3, 0.4) is 0 Å². The molecule has 1 aliphatic heterocycles. The van der Waals surface area contributed by atoms with Gasteiger partial charge in [0.25, 0.3) is 5.91 Å². The van der Waals surface area contributed by atoms with E-state index < -0.39 is 0 Å². The minimum Gasteiger partial charge on any atom is -0.496 e. The lowest BCUT2D eigenvalue weighted by atomic mass is 9.86. The maximum Gasteiger partial charge on any atom is 0.257 e. The van der Waals surface area contributed by atoms with Gasteiger partial charge in [-0.05, 0) is 57.5 Å². The average Bonchev–Trinajstić information content (AvgIpc) is 3.21. The Labute approximate surface area is 176 Å². The van der Waals surface area contributed by atoms with E-state index in [1.807, 2.05) is 30.3 Å². The van der Waals surface area contributed by atoms with Crippen LogP contribution in [0.4, 0.5) is 0 Å². The molecule has 0 saturated carbocycles. The topological polar surface area (TPSA) is 41.6 Å². The Morgan fingerprint density at radius 1 is 1.14 bits per heavy atom. The molecule has 28 heavy (non-hydrogen) atoms. The summed E-state index contributed by atoms with van der Waals surface area (Å²) >= 11 is 12.4. The van der Waals surface area contributed by atoms with Gasteiger partial charge in [-0.2, -0.15) is 0 Å². The number of amides is 1. The molecule has 0 bridgehead atoms. The van der Waals surface area contributed by atoms with E-state index in [1.165, 1.54) is 20.0 Å². The van der Waals surface area contributed by atoms with Crippen molar-refractivity contribution >= 4 is 29.1 Å². The molecule has 0 spiro atoms. The van der Waals surface area contributed by atoms with Gasteiger partial charge < -0.3 is 10.1 Å². The molecule has 1 heterocycles. The van der Waals surface area contributed by atoms with Crippen molar-refractivity contribution < 1.29 is 9.53 Å². The number of carbonyl (C=O) groups excluding carboxylic acids is 1. The maximum atomic E-state index is 13.3. The smallest absolute Gasteiger partial charge is 0.257 e. The number of benzene rings is 2. The van der Waals surface area contributed by atoms with E-state index in [1.54, 1.807) is 12.1 Å². The number of nitrogens with one attached hydrogen (secondary N) is 1. The molecule has 1 amide bonds. The van der Waals surface area contributed by atoms with Gasteiger partial charge in [0.15, 0.2) is 0 Å². The van der Waals surface area contributed by atoms with Gasteiger partial charge in [-0.15, -0.1) is 0 Å². The summed E-state index contributed by atoms with van der Waals surface area (Å²) in [4.78, 5) is 15.7. The van der Waals surface area contributed by atoms with Crippen LogP contribution in [0.25, 0.3) is 0 Å². The molecule has 2 aromatic rings. The van der Waals surface area contributed by atoms with Crippen molar-refractivity contribution in [1.82, 2.24) is 10.2 Å². The van der Waals surface area contributed by atoms with Crippen molar-refractivity contribution in [3.63, 3.8) is 0 Å². The third-order valence-corrected chi connectivity index (χ3v) is 6.02. The zero-order valence-electron chi connectivity index (χ0n) is 16.5. The van der Waals surface area contributed by atoms with Crippen LogP contribution >= 0.6 is 23.2 Å². The maximum absolute atomic E-state index is 13.3. The van der Waals surface area contributed by atoms with Crippen molar-refractivity contribution in [3.05, 3.63) is 63.6 Å². The molecular weight excluding hydrogens is 395 g/mol. The van der Waals surface area contributed by atoms with Crippen molar-refractivity contribution in [1.29, 1.82) is 0 Å². The van der Waals surface area contributed by atoms with Gasteiger partial charge in [0.1, 0.15) is 11.3 Å². The summed E-state index contributed by atoms with van der Waals surface area (Å²) in [5.74, 6) is 0.0837. The standard InChI is InChI=1S/C22H26Cl2N2O2/c1-22(2,26-11-7-8-12-26)20(15-9-5-4-6-10-15)25-21(27)19-17(24)13-16(23)14-18(19)28-3/h4-6,9-10,13-14,20H,7-8,11-12H2,1-3H3,(H,25,27). The molecular formula is C22H26Cl2N2O2. The highest BCUT2D eigenvalue weighted by Gasteiger charge is 2.39. The zero-order valence-corrected chi connectivity index (χ0v) is 18.0. The van der Waals surface area contributed by atoms with Crippen LogP contribution in [0.1, 0.15) is 48.7 Å². The molecule has 3 rings (SSSR count). The number of carbonyl (C=O) groups is 1. The number of halogens is 2. The molecule has 4 nitrogen and oxygen atoms in total. The van der Waals surface area contributed by atoms with Gasteiger partial charge in [0.2, 0.25) is 0 Å². The van der Waals surface area contributed by atoms with Gasteiger partial charge in [-0.1, -0.05) is 53.5 Å². The molecule has 6 heteroatoms. The minimum atomic E-state index is -0.278. The summed E-state index contributed by atoms with van der Waals surface area (Å²) in [5, 5.41) is 3.91. The summed E-state index contributed by atoms with van der Waals surface area (Å²) in [6, 6.07) is 13.0. The molecule has 1 saturated heterocycles. The van der Waals surface area contributed by atoms with Crippen LogP contribution in [-0.4, -0.2) is 36.5 Å². The number of rotatable bonds is 6. The Hall–Kier alpha value is -1.75. The minimum absolute atomic E-state index is 0.212. The zero-order chi connectivity index (χ0) is 20.3. The Morgan fingerprint density at radius 2 is 1.79 bits per heavy atom. The molecule has 2 aromatic carbocycles. The second-order valence-electron chi connectivity index (χ2n) is 7.63. The van der Waals surface area contributed by atoms with Crippen LogP contribution in [0, 0.1) is 0 Å². The van der Waals surface area contributed by atoms with Crippen LogP contribution in [0.15, 0.2) is 42.5 Å². The normalized spacial score (nSPS) is 16.0. The van der Waals surface area contributed by atoms with Crippen molar-refractivity contribution in [3.8, 4) is 5.75 Å². The fraction of sp³-hybridized carbons (Fsp3) is 0.409. The number of ether oxygens (including phenoxy) is 1. The lowest BCUT2D eigenvalue weighted by Gasteiger charge is -2.42. The quantitative estimate of drug-likeness (QED) is 0.684. The number of nitrogens with zero attached hydrogens (tertiary/aromatic N) is 1. The number of hydrogen-bond acceptors (Lipinski definition) is 3. The average molecular weight is 421 g/mol. The van der Waals surface area contributed by atoms with E-state index in [-0.39, 0.29) is 22.5 Å². The van der Waals surface area contributed by atoms with Gasteiger partial charge in [0.05, 0.1) is 18.2 Å². The van der Waals surface area contributed by atoms with E-state index in [0.29, 0.717) is 16.3 Å². The van der Waals surface area contributed by atoms with Gasteiger partial charge in [0, 0.05) is 10.6 Å². The molecule has 150 valence electrons. The first-order chi connectivity index (χ1) is 13.3. The molecule has 1 fully saturated rings. The highest BCUT2D eigenvalue weighted by atomic mass is 35.5. The Morgan fingerprint density at radius 3 is 2.39 bits per heavy atom. The summed E-state index contributed by atoms with van der Waals surface area (Å²) < 4.78 is 5.36. The first-order valence-electron chi connectivity index (χ1n) is 9.48. The number of methoxy groups -OCH3 is 1. The monoisotopic (exact) mass is 420 g/mol. The van der Waals surface area contributed by atoms with Crippen LogP contribution in [0.5, 0.6) is 5.75 Å². The molecule has 1 atom stereocenters. The Balaban J connectivity index is 1.98. The molecule has 1 N–H and O–H groups in total. The lowest BCUT2D eigenvalue weighted by molar-refractivity contribution is 0.0776. The first kappa shape index (κ1) is 21.0. The van der Waals surface area contributed by atoms with Gasteiger partial charge in [-0.25, -0.2) is 0 Å². The first-order valence-corrected chi connectivity index (χ1v) is 10.2. The fourth-order valence-electron chi connectivity index (χ4n) is 3.92. The summed E-state index contributed by atoms with van der Waals surface area (Å²) in [6.45, 7) is 6.41. The Kier molecular flexibility index (Phi) is 6.54. The predicted molar refractivity (Wildman–Crippen MR) is 115 cm³/mol. The van der Waals surface area contributed by atoms with E-state index in [2.05, 4.69) is 24.1 Å².